The Bertz CT molecular complexity index is 1070. The zero-order chi connectivity index (χ0) is 22.0. The number of aliphatic hydroxyl groups excluding tert-OH is 2. The minimum absolute atomic E-state index is 0.386. The maximum Gasteiger partial charge on any atom is 0.145 e. The fourth-order valence-corrected chi connectivity index (χ4v) is 5.78. The van der Waals surface area contributed by atoms with Crippen LogP contribution in [-0.2, 0) is 9.47 Å². The third-order valence-electron chi connectivity index (χ3n) is 4.87. The molecule has 5 atom stereocenters. The largest absolute Gasteiger partial charge is 0.394 e. The molecule has 12 heteroatoms. The van der Waals surface area contributed by atoms with Crippen LogP contribution in [0, 0.1) is 11.3 Å². The van der Waals surface area contributed by atoms with E-state index in [1.54, 1.807) is 24.5 Å². The number of benzene rings is 1. The number of aromatic nitrogens is 4. The van der Waals surface area contributed by atoms with E-state index in [0.29, 0.717) is 21.2 Å². The van der Waals surface area contributed by atoms with Gasteiger partial charge in [-0.2, -0.15) is 5.26 Å². The fourth-order valence-electron chi connectivity index (χ4n) is 3.39. The molecule has 0 aliphatic carbocycles. The Kier molecular flexibility index (Phi) is 7.02. The molecule has 4 rings (SSSR count). The molecule has 1 aliphatic rings. The number of rotatable bonds is 6. The second-order valence-corrected chi connectivity index (χ2v) is 9.65. The Balaban J connectivity index is 1.68. The smallest absolute Gasteiger partial charge is 0.145 e. The van der Waals surface area contributed by atoms with Crippen molar-refractivity contribution in [1.82, 2.24) is 20.0 Å². The van der Waals surface area contributed by atoms with Gasteiger partial charge in [0, 0.05) is 28.1 Å². The molecular formula is C19H18BrN5O4S2. The van der Waals surface area contributed by atoms with Gasteiger partial charge in [0.15, 0.2) is 0 Å². The summed E-state index contributed by atoms with van der Waals surface area (Å²) in [6, 6.07) is 6.82. The molecule has 31 heavy (non-hydrogen) atoms. The molecule has 2 aromatic heterocycles. The molecule has 9 nitrogen and oxygen atoms in total. The molecule has 1 aromatic carbocycles. The van der Waals surface area contributed by atoms with Crippen molar-refractivity contribution >= 4 is 39.0 Å². The first-order chi connectivity index (χ1) is 15.0. The van der Waals surface area contributed by atoms with Gasteiger partial charge < -0.3 is 19.7 Å². The molecule has 0 spiro atoms. The van der Waals surface area contributed by atoms with Crippen molar-refractivity contribution in [2.45, 2.75) is 34.7 Å². The lowest BCUT2D eigenvalue weighted by atomic mass is 9.97. The number of ether oxygens (including phenoxy) is 2. The standard InChI is InChI=1S/C19H18BrN5O4S2/c1-28-17-15(25-8-12(23-24-25)18-22-4-5-30-18)16(27)13(9-26)29-19(17)31-14-6-11(20)3-2-10(14)7-21/h2-6,8,13,15-17,19,26-27H,9H2,1H3/t13-,15+,16+,17-,19-/m1/s1. The number of nitriles is 1. The lowest BCUT2D eigenvalue weighted by molar-refractivity contribution is -0.186. The third kappa shape index (κ3) is 4.54. The molecule has 1 fully saturated rings. The summed E-state index contributed by atoms with van der Waals surface area (Å²) in [6.07, 6.45) is 0.786. The lowest BCUT2D eigenvalue weighted by Crippen LogP contribution is -2.55. The van der Waals surface area contributed by atoms with Crippen molar-refractivity contribution in [3.63, 3.8) is 0 Å². The van der Waals surface area contributed by atoms with Gasteiger partial charge in [0.25, 0.3) is 0 Å². The highest BCUT2D eigenvalue weighted by Crippen LogP contribution is 2.41. The van der Waals surface area contributed by atoms with E-state index in [-0.39, 0.29) is 6.61 Å². The molecule has 0 bridgehead atoms. The number of thioether (sulfide) groups is 1. The number of hydrogen-bond donors (Lipinski definition) is 2. The average molecular weight is 524 g/mol. The first-order valence-corrected chi connectivity index (χ1v) is 11.8. The van der Waals surface area contributed by atoms with Crippen LogP contribution in [0.25, 0.3) is 10.7 Å². The summed E-state index contributed by atoms with van der Waals surface area (Å²) in [7, 11) is 1.52. The quantitative estimate of drug-likeness (QED) is 0.500. The molecule has 3 heterocycles. The van der Waals surface area contributed by atoms with Gasteiger partial charge in [-0.3, -0.25) is 0 Å². The second-order valence-electron chi connectivity index (χ2n) is 6.70. The van der Waals surface area contributed by atoms with Crippen LogP contribution in [0.2, 0.25) is 0 Å². The van der Waals surface area contributed by atoms with Crippen LogP contribution in [-0.4, -0.2) is 67.7 Å². The average Bonchev–Trinajstić information content (AvgIpc) is 3.46. The van der Waals surface area contributed by atoms with Crippen LogP contribution in [0.4, 0.5) is 0 Å². The zero-order valence-corrected chi connectivity index (χ0v) is 19.4. The molecule has 0 unspecified atom stereocenters. The van der Waals surface area contributed by atoms with Gasteiger partial charge in [0.05, 0.1) is 18.4 Å². The van der Waals surface area contributed by atoms with Crippen LogP contribution < -0.4 is 0 Å². The summed E-state index contributed by atoms with van der Waals surface area (Å²) in [5, 5.41) is 41.1. The molecule has 0 saturated carbocycles. The summed E-state index contributed by atoms with van der Waals surface area (Å²) in [4.78, 5) is 4.93. The summed E-state index contributed by atoms with van der Waals surface area (Å²) in [5.74, 6) is 0. The molecule has 0 radical (unpaired) electrons. The van der Waals surface area contributed by atoms with Gasteiger partial charge in [-0.25, -0.2) is 9.67 Å². The Hall–Kier alpha value is -1.85. The van der Waals surface area contributed by atoms with E-state index in [9.17, 15) is 15.5 Å². The maximum atomic E-state index is 10.9. The molecule has 1 saturated heterocycles. The molecule has 2 N–H and O–H groups in total. The number of halogens is 1. The highest BCUT2D eigenvalue weighted by atomic mass is 79.9. The maximum absolute atomic E-state index is 10.9. The minimum Gasteiger partial charge on any atom is -0.394 e. The van der Waals surface area contributed by atoms with Crippen molar-refractivity contribution in [2.24, 2.45) is 0 Å². The predicted octanol–water partition coefficient (Wildman–Crippen LogP) is 2.46. The Labute approximate surface area is 194 Å². The van der Waals surface area contributed by atoms with Crippen molar-refractivity contribution in [2.75, 3.05) is 13.7 Å². The molecular weight excluding hydrogens is 506 g/mol. The van der Waals surface area contributed by atoms with Gasteiger partial charge in [-0.1, -0.05) is 32.9 Å². The van der Waals surface area contributed by atoms with E-state index in [0.717, 1.165) is 4.47 Å². The lowest BCUT2D eigenvalue weighted by Gasteiger charge is -2.43. The number of hydrogen-bond acceptors (Lipinski definition) is 10. The summed E-state index contributed by atoms with van der Waals surface area (Å²) in [6.45, 7) is -0.386. The third-order valence-corrected chi connectivity index (χ3v) is 7.36. The number of thiazole rings is 1. The van der Waals surface area contributed by atoms with E-state index < -0.39 is 29.8 Å². The van der Waals surface area contributed by atoms with E-state index in [1.165, 1.54) is 34.9 Å². The summed E-state index contributed by atoms with van der Waals surface area (Å²) in [5.41, 5.74) is 0.443. The van der Waals surface area contributed by atoms with Crippen LogP contribution in [0.15, 0.2) is 45.3 Å². The van der Waals surface area contributed by atoms with Gasteiger partial charge in [0.1, 0.15) is 46.6 Å². The Morgan fingerprint density at radius 1 is 1.45 bits per heavy atom. The van der Waals surface area contributed by atoms with Crippen molar-refractivity contribution in [3.05, 3.63) is 46.0 Å². The topological polar surface area (TPSA) is 126 Å². The van der Waals surface area contributed by atoms with Gasteiger partial charge >= 0.3 is 0 Å². The highest BCUT2D eigenvalue weighted by molar-refractivity contribution is 9.10. The first kappa shape index (κ1) is 22.3. The summed E-state index contributed by atoms with van der Waals surface area (Å²) < 4.78 is 14.0. The number of methoxy groups -OCH3 is 1. The van der Waals surface area contributed by atoms with Gasteiger partial charge in [0.2, 0.25) is 0 Å². The van der Waals surface area contributed by atoms with E-state index in [4.69, 9.17) is 9.47 Å². The molecule has 3 aromatic rings. The van der Waals surface area contributed by atoms with Gasteiger partial charge in [-0.05, 0) is 18.2 Å². The van der Waals surface area contributed by atoms with Crippen molar-refractivity contribution in [3.8, 4) is 16.8 Å². The Morgan fingerprint density at radius 3 is 2.97 bits per heavy atom. The SMILES string of the molecule is CO[C@@H]1[C@@H](n2cc(-c3nccs3)nn2)[C@@H](O)[C@@H](CO)O[C@@H]1Sc1cc(Br)ccc1C#N. The van der Waals surface area contributed by atoms with Crippen LogP contribution in [0.1, 0.15) is 11.6 Å². The monoisotopic (exact) mass is 523 g/mol. The van der Waals surface area contributed by atoms with Crippen LogP contribution >= 0.6 is 39.0 Å². The van der Waals surface area contributed by atoms with Crippen molar-refractivity contribution < 1.29 is 19.7 Å². The highest BCUT2D eigenvalue weighted by Gasteiger charge is 2.47. The number of aliphatic hydroxyl groups is 2. The molecule has 1 aliphatic heterocycles. The van der Waals surface area contributed by atoms with Gasteiger partial charge in [-0.15, -0.1) is 16.4 Å². The fraction of sp³-hybridized carbons (Fsp3) is 0.368. The van der Waals surface area contributed by atoms with Crippen LogP contribution in [0.5, 0.6) is 0 Å². The normalized spacial score (nSPS) is 26.0. The van der Waals surface area contributed by atoms with E-state index in [1.807, 2.05) is 11.4 Å². The molecule has 0 amide bonds. The van der Waals surface area contributed by atoms with Crippen LogP contribution in [0.3, 0.4) is 0 Å². The molecule has 162 valence electrons. The number of nitrogens with zero attached hydrogens (tertiary/aromatic N) is 5. The predicted molar refractivity (Wildman–Crippen MR) is 117 cm³/mol. The van der Waals surface area contributed by atoms with Crippen molar-refractivity contribution in [1.29, 1.82) is 5.26 Å². The zero-order valence-electron chi connectivity index (χ0n) is 16.2. The first-order valence-electron chi connectivity index (χ1n) is 9.21. The second kappa shape index (κ2) is 9.74. The van der Waals surface area contributed by atoms with E-state index in [2.05, 4.69) is 37.3 Å². The summed E-state index contributed by atoms with van der Waals surface area (Å²) >= 11 is 6.15. The van der Waals surface area contributed by atoms with E-state index >= 15 is 0 Å². The minimum atomic E-state index is -1.09. The Morgan fingerprint density at radius 2 is 2.29 bits per heavy atom.